The summed E-state index contributed by atoms with van der Waals surface area (Å²) >= 11 is 1.78. The highest BCUT2D eigenvalue weighted by molar-refractivity contribution is 7.10. The van der Waals surface area contributed by atoms with E-state index in [0.717, 1.165) is 25.1 Å². The molecule has 102 valence electrons. The molecule has 2 aromatic rings. The minimum atomic E-state index is 0.0595. The molecule has 0 fully saturated rings. The van der Waals surface area contributed by atoms with Crippen molar-refractivity contribution in [3.8, 4) is 0 Å². The number of carbonyl (C=O) groups excluding carboxylic acids is 1. The summed E-state index contributed by atoms with van der Waals surface area (Å²) in [5, 5.41) is 2.10. The van der Waals surface area contributed by atoms with E-state index in [-0.39, 0.29) is 5.91 Å². The number of fused-ring (bicyclic) bond motifs is 1. The molecule has 0 saturated heterocycles. The molecule has 0 saturated carbocycles. The van der Waals surface area contributed by atoms with Crippen LogP contribution in [0.5, 0.6) is 0 Å². The molecule has 1 aliphatic rings. The average molecular weight is 284 g/mol. The van der Waals surface area contributed by atoms with Crippen LogP contribution in [0, 0.1) is 0 Å². The zero-order valence-electron chi connectivity index (χ0n) is 11.1. The smallest absolute Gasteiger partial charge is 0.246 e. The van der Waals surface area contributed by atoms with Crippen LogP contribution in [-0.4, -0.2) is 17.4 Å². The normalized spacial score (nSPS) is 14.5. The van der Waals surface area contributed by atoms with Crippen LogP contribution >= 0.6 is 11.3 Å². The summed E-state index contributed by atoms with van der Waals surface area (Å²) < 4.78 is 0. The molecule has 0 unspecified atom stereocenters. The van der Waals surface area contributed by atoms with Gasteiger partial charge in [-0.25, -0.2) is 0 Å². The van der Waals surface area contributed by atoms with Gasteiger partial charge in [-0.05, 0) is 47.2 Å². The SMILES string of the molecule is Nc1cccc(/C=C/C(=O)N2CCc3sccc3C2)c1. The largest absolute Gasteiger partial charge is 0.399 e. The molecule has 3 nitrogen and oxygen atoms in total. The summed E-state index contributed by atoms with van der Waals surface area (Å²) in [7, 11) is 0. The van der Waals surface area contributed by atoms with Gasteiger partial charge in [0, 0.05) is 29.7 Å². The monoisotopic (exact) mass is 284 g/mol. The van der Waals surface area contributed by atoms with Crippen LogP contribution in [0.15, 0.2) is 41.8 Å². The van der Waals surface area contributed by atoms with E-state index in [1.165, 1.54) is 10.4 Å². The van der Waals surface area contributed by atoms with Gasteiger partial charge in [0.2, 0.25) is 5.91 Å². The molecule has 2 heterocycles. The number of amides is 1. The molecule has 0 spiro atoms. The number of nitrogens with zero attached hydrogens (tertiary/aromatic N) is 1. The first-order valence-electron chi connectivity index (χ1n) is 6.60. The van der Waals surface area contributed by atoms with Crippen molar-refractivity contribution in [3.05, 3.63) is 57.8 Å². The van der Waals surface area contributed by atoms with Gasteiger partial charge >= 0.3 is 0 Å². The van der Waals surface area contributed by atoms with Crippen molar-refractivity contribution in [2.45, 2.75) is 13.0 Å². The highest BCUT2D eigenvalue weighted by Crippen LogP contribution is 2.24. The Balaban J connectivity index is 1.68. The van der Waals surface area contributed by atoms with Crippen LogP contribution in [0.25, 0.3) is 6.08 Å². The first-order chi connectivity index (χ1) is 9.72. The van der Waals surface area contributed by atoms with Crippen molar-refractivity contribution in [3.63, 3.8) is 0 Å². The molecule has 2 N–H and O–H groups in total. The summed E-state index contributed by atoms with van der Waals surface area (Å²) in [6.07, 6.45) is 4.42. The lowest BCUT2D eigenvalue weighted by Crippen LogP contribution is -2.34. The summed E-state index contributed by atoms with van der Waals surface area (Å²) in [5.41, 5.74) is 8.66. The average Bonchev–Trinajstić information content (AvgIpc) is 2.92. The Kier molecular flexibility index (Phi) is 3.56. The van der Waals surface area contributed by atoms with Gasteiger partial charge in [0.25, 0.3) is 0 Å². The molecule has 0 atom stereocenters. The van der Waals surface area contributed by atoms with E-state index >= 15 is 0 Å². The van der Waals surface area contributed by atoms with Crippen LogP contribution in [0.4, 0.5) is 5.69 Å². The Morgan fingerprint density at radius 2 is 2.25 bits per heavy atom. The molecule has 3 rings (SSSR count). The maximum absolute atomic E-state index is 12.2. The maximum atomic E-state index is 12.2. The van der Waals surface area contributed by atoms with E-state index < -0.39 is 0 Å². The number of thiophene rings is 1. The van der Waals surface area contributed by atoms with Crippen LogP contribution in [-0.2, 0) is 17.8 Å². The lowest BCUT2D eigenvalue weighted by atomic mass is 10.1. The topological polar surface area (TPSA) is 46.3 Å². The second-order valence-electron chi connectivity index (χ2n) is 4.88. The lowest BCUT2D eigenvalue weighted by Gasteiger charge is -2.25. The van der Waals surface area contributed by atoms with Crippen molar-refractivity contribution in [2.75, 3.05) is 12.3 Å². The van der Waals surface area contributed by atoms with Crippen molar-refractivity contribution >= 4 is 29.0 Å². The number of anilines is 1. The number of rotatable bonds is 2. The predicted molar refractivity (Wildman–Crippen MR) is 83.3 cm³/mol. The molecule has 1 aromatic heterocycles. The van der Waals surface area contributed by atoms with Gasteiger partial charge in [-0.1, -0.05) is 12.1 Å². The molecule has 0 bridgehead atoms. The molecule has 1 aliphatic heterocycles. The van der Waals surface area contributed by atoms with E-state index in [2.05, 4.69) is 11.4 Å². The van der Waals surface area contributed by atoms with Crippen LogP contribution in [0.1, 0.15) is 16.0 Å². The number of benzene rings is 1. The standard InChI is InChI=1S/C16H16N2OS/c17-14-3-1-2-12(10-14)4-5-16(19)18-8-6-15-13(11-18)7-9-20-15/h1-5,7,9-10H,6,8,11,17H2/b5-4+. The third-order valence-corrected chi connectivity index (χ3v) is 4.47. The van der Waals surface area contributed by atoms with Crippen LogP contribution in [0.2, 0.25) is 0 Å². The Hall–Kier alpha value is -2.07. The zero-order valence-corrected chi connectivity index (χ0v) is 11.9. The fourth-order valence-electron chi connectivity index (χ4n) is 2.37. The Bertz CT molecular complexity index is 660. The van der Waals surface area contributed by atoms with Gasteiger partial charge in [-0.2, -0.15) is 0 Å². The lowest BCUT2D eigenvalue weighted by molar-refractivity contribution is -0.126. The third kappa shape index (κ3) is 2.75. The van der Waals surface area contributed by atoms with Gasteiger partial charge in [0.1, 0.15) is 0 Å². The predicted octanol–water partition coefficient (Wildman–Crippen LogP) is 2.93. The Morgan fingerprint density at radius 1 is 1.35 bits per heavy atom. The van der Waals surface area contributed by atoms with Crippen molar-refractivity contribution in [2.24, 2.45) is 0 Å². The minimum Gasteiger partial charge on any atom is -0.399 e. The van der Waals surface area contributed by atoms with Gasteiger partial charge in [-0.3, -0.25) is 4.79 Å². The molecule has 4 heteroatoms. The van der Waals surface area contributed by atoms with Gasteiger partial charge in [0.15, 0.2) is 0 Å². The first kappa shape index (κ1) is 12.9. The number of nitrogen functional groups attached to an aromatic ring is 1. The highest BCUT2D eigenvalue weighted by atomic mass is 32.1. The molecule has 1 aromatic carbocycles. The molecule has 1 amide bonds. The van der Waals surface area contributed by atoms with Crippen molar-refractivity contribution in [1.82, 2.24) is 4.90 Å². The number of carbonyl (C=O) groups is 1. The van der Waals surface area contributed by atoms with E-state index in [9.17, 15) is 4.79 Å². The Morgan fingerprint density at radius 3 is 3.10 bits per heavy atom. The van der Waals surface area contributed by atoms with E-state index in [1.54, 1.807) is 17.4 Å². The zero-order chi connectivity index (χ0) is 13.9. The molecular formula is C16H16N2OS. The van der Waals surface area contributed by atoms with Gasteiger partial charge in [0.05, 0.1) is 0 Å². The summed E-state index contributed by atoms with van der Waals surface area (Å²) in [6.45, 7) is 1.52. The Labute approximate surface area is 122 Å². The fourth-order valence-corrected chi connectivity index (χ4v) is 3.26. The van der Waals surface area contributed by atoms with Crippen LogP contribution in [0.3, 0.4) is 0 Å². The summed E-state index contributed by atoms with van der Waals surface area (Å²) in [6, 6.07) is 9.63. The maximum Gasteiger partial charge on any atom is 0.246 e. The van der Waals surface area contributed by atoms with E-state index in [4.69, 9.17) is 5.73 Å². The second-order valence-corrected chi connectivity index (χ2v) is 5.88. The van der Waals surface area contributed by atoms with Crippen LogP contribution < -0.4 is 5.73 Å². The van der Waals surface area contributed by atoms with Crippen molar-refractivity contribution < 1.29 is 4.79 Å². The molecule has 20 heavy (non-hydrogen) atoms. The highest BCUT2D eigenvalue weighted by Gasteiger charge is 2.19. The quantitative estimate of drug-likeness (QED) is 0.681. The van der Waals surface area contributed by atoms with E-state index in [1.807, 2.05) is 35.2 Å². The van der Waals surface area contributed by atoms with Gasteiger partial charge in [-0.15, -0.1) is 11.3 Å². The summed E-state index contributed by atoms with van der Waals surface area (Å²) in [5.74, 6) is 0.0595. The van der Waals surface area contributed by atoms with Crippen molar-refractivity contribution in [1.29, 1.82) is 0 Å². The molecule has 0 aliphatic carbocycles. The molecular weight excluding hydrogens is 268 g/mol. The number of hydrogen-bond donors (Lipinski definition) is 1. The summed E-state index contributed by atoms with van der Waals surface area (Å²) in [4.78, 5) is 15.5. The number of nitrogens with two attached hydrogens (primary N) is 1. The fraction of sp³-hybridized carbons (Fsp3) is 0.188. The number of hydrogen-bond acceptors (Lipinski definition) is 3. The first-order valence-corrected chi connectivity index (χ1v) is 7.48. The molecule has 0 radical (unpaired) electrons. The third-order valence-electron chi connectivity index (χ3n) is 3.45. The van der Waals surface area contributed by atoms with Gasteiger partial charge < -0.3 is 10.6 Å². The van der Waals surface area contributed by atoms with E-state index in [0.29, 0.717) is 5.69 Å². The minimum absolute atomic E-state index is 0.0595. The second kappa shape index (κ2) is 5.51.